The fraction of sp³-hybridized carbons (Fsp3) is 0. The molecule has 0 aliphatic rings. The topological polar surface area (TPSA) is 61.7 Å². The van der Waals surface area contributed by atoms with E-state index >= 15 is 0 Å². The van der Waals surface area contributed by atoms with Crippen LogP contribution in [0.1, 0.15) is 15.9 Å². The number of benzene rings is 2. The van der Waals surface area contributed by atoms with Crippen molar-refractivity contribution in [2.24, 2.45) is 5.10 Å². The summed E-state index contributed by atoms with van der Waals surface area (Å²) in [4.78, 5) is 11.1. The molecule has 2 aromatic rings. The van der Waals surface area contributed by atoms with E-state index in [4.69, 9.17) is 5.11 Å². The summed E-state index contributed by atoms with van der Waals surface area (Å²) in [6, 6.07) is 12.5. The van der Waals surface area contributed by atoms with Crippen LogP contribution in [0.25, 0.3) is 0 Å². The molecular formula is C14H10Br2N2O2. The number of hydrazone groups is 1. The molecular weight excluding hydrogens is 388 g/mol. The van der Waals surface area contributed by atoms with Gasteiger partial charge >= 0.3 is 5.97 Å². The minimum atomic E-state index is -1.01. The van der Waals surface area contributed by atoms with Crippen LogP contribution in [0.2, 0.25) is 0 Å². The van der Waals surface area contributed by atoms with Crippen LogP contribution >= 0.6 is 31.9 Å². The van der Waals surface area contributed by atoms with E-state index in [0.29, 0.717) is 10.2 Å². The van der Waals surface area contributed by atoms with Crippen LogP contribution in [0.5, 0.6) is 0 Å². The van der Waals surface area contributed by atoms with Crippen LogP contribution in [-0.4, -0.2) is 17.3 Å². The van der Waals surface area contributed by atoms with Crippen molar-refractivity contribution in [2.45, 2.75) is 0 Å². The predicted octanol–water partition coefficient (Wildman–Crippen LogP) is 4.36. The second kappa shape index (κ2) is 6.67. The Hall–Kier alpha value is -1.66. The lowest BCUT2D eigenvalue weighted by atomic mass is 10.2. The maximum absolute atomic E-state index is 11.1. The van der Waals surface area contributed by atoms with Crippen molar-refractivity contribution in [1.82, 2.24) is 0 Å². The van der Waals surface area contributed by atoms with Crippen molar-refractivity contribution in [3.8, 4) is 0 Å². The molecule has 0 unspecified atom stereocenters. The number of aromatic carboxylic acids is 1. The fourth-order valence-electron chi connectivity index (χ4n) is 1.52. The van der Waals surface area contributed by atoms with Gasteiger partial charge < -0.3 is 5.11 Å². The molecule has 0 fully saturated rings. The summed E-state index contributed by atoms with van der Waals surface area (Å²) in [5.74, 6) is -1.01. The molecule has 102 valence electrons. The number of hydrogen-bond donors (Lipinski definition) is 2. The Morgan fingerprint density at radius 2 is 1.75 bits per heavy atom. The highest BCUT2D eigenvalue weighted by Crippen LogP contribution is 2.21. The normalized spacial score (nSPS) is 10.7. The van der Waals surface area contributed by atoms with Gasteiger partial charge in [-0.2, -0.15) is 5.10 Å². The lowest BCUT2D eigenvalue weighted by Crippen LogP contribution is -2.02. The molecule has 2 N–H and O–H groups in total. The molecule has 20 heavy (non-hydrogen) atoms. The summed E-state index contributed by atoms with van der Waals surface area (Å²) in [7, 11) is 0. The quantitative estimate of drug-likeness (QED) is 0.595. The first-order valence-electron chi connectivity index (χ1n) is 5.64. The lowest BCUT2D eigenvalue weighted by Gasteiger charge is -2.05. The van der Waals surface area contributed by atoms with E-state index in [1.807, 2.05) is 24.3 Å². The smallest absolute Gasteiger partial charge is 0.337 e. The number of carboxylic acid groups (broad SMARTS) is 1. The van der Waals surface area contributed by atoms with Gasteiger partial charge in [0.15, 0.2) is 0 Å². The Labute approximate surface area is 132 Å². The Morgan fingerprint density at radius 1 is 1.10 bits per heavy atom. The standard InChI is InChI=1S/C14H10Br2N2O2/c15-10-3-1-9(2-4-10)8-17-18-13-6-5-11(16)7-12(13)14(19)20/h1-8,18H,(H,19,20). The Morgan fingerprint density at radius 3 is 2.40 bits per heavy atom. The van der Waals surface area contributed by atoms with E-state index in [0.717, 1.165) is 10.0 Å². The fourth-order valence-corrected chi connectivity index (χ4v) is 2.14. The zero-order chi connectivity index (χ0) is 14.5. The van der Waals surface area contributed by atoms with Crippen LogP contribution in [0.4, 0.5) is 5.69 Å². The maximum atomic E-state index is 11.1. The molecule has 0 bridgehead atoms. The van der Waals surface area contributed by atoms with E-state index in [2.05, 4.69) is 42.4 Å². The first-order valence-corrected chi connectivity index (χ1v) is 7.22. The van der Waals surface area contributed by atoms with Crippen molar-refractivity contribution >= 4 is 49.7 Å². The molecule has 0 spiro atoms. The number of hydrogen-bond acceptors (Lipinski definition) is 3. The van der Waals surface area contributed by atoms with Gasteiger partial charge in [0.05, 0.1) is 17.5 Å². The number of carboxylic acids is 1. The van der Waals surface area contributed by atoms with Crippen molar-refractivity contribution < 1.29 is 9.90 Å². The van der Waals surface area contributed by atoms with Crippen molar-refractivity contribution in [3.63, 3.8) is 0 Å². The minimum Gasteiger partial charge on any atom is -0.478 e. The highest BCUT2D eigenvalue weighted by atomic mass is 79.9. The molecule has 0 aliphatic carbocycles. The summed E-state index contributed by atoms with van der Waals surface area (Å²) in [6.45, 7) is 0. The van der Waals surface area contributed by atoms with Gasteiger partial charge in [-0.3, -0.25) is 5.43 Å². The highest BCUT2D eigenvalue weighted by Gasteiger charge is 2.09. The van der Waals surface area contributed by atoms with Gasteiger partial charge in [0.2, 0.25) is 0 Å². The molecule has 2 aromatic carbocycles. The molecule has 4 nitrogen and oxygen atoms in total. The zero-order valence-corrected chi connectivity index (χ0v) is 13.3. The van der Waals surface area contributed by atoms with E-state index < -0.39 is 5.97 Å². The molecule has 0 amide bonds. The molecule has 0 aromatic heterocycles. The molecule has 0 atom stereocenters. The number of nitrogens with one attached hydrogen (secondary N) is 1. The van der Waals surface area contributed by atoms with Crippen molar-refractivity contribution in [1.29, 1.82) is 0 Å². The molecule has 0 saturated carbocycles. The number of nitrogens with zero attached hydrogens (tertiary/aromatic N) is 1. The molecule has 6 heteroatoms. The first-order chi connectivity index (χ1) is 9.56. The summed E-state index contributed by atoms with van der Waals surface area (Å²) in [5.41, 5.74) is 4.25. The van der Waals surface area contributed by atoms with Crippen molar-refractivity contribution in [3.05, 3.63) is 62.5 Å². The van der Waals surface area contributed by atoms with E-state index in [1.165, 1.54) is 6.07 Å². The van der Waals surface area contributed by atoms with E-state index in [-0.39, 0.29) is 5.56 Å². The van der Waals surface area contributed by atoms with Gasteiger partial charge in [-0.05, 0) is 35.9 Å². The summed E-state index contributed by atoms with van der Waals surface area (Å²) in [5, 5.41) is 13.2. The van der Waals surface area contributed by atoms with E-state index in [1.54, 1.807) is 18.3 Å². The second-order valence-electron chi connectivity index (χ2n) is 3.92. The third-order valence-electron chi connectivity index (χ3n) is 2.48. The van der Waals surface area contributed by atoms with Gasteiger partial charge in [0.1, 0.15) is 0 Å². The summed E-state index contributed by atoms with van der Waals surface area (Å²) >= 11 is 6.59. The third kappa shape index (κ3) is 3.91. The molecule has 2 rings (SSSR count). The molecule has 0 heterocycles. The molecule has 0 radical (unpaired) electrons. The van der Waals surface area contributed by atoms with Crippen LogP contribution < -0.4 is 5.43 Å². The van der Waals surface area contributed by atoms with E-state index in [9.17, 15) is 4.79 Å². The largest absolute Gasteiger partial charge is 0.478 e. The monoisotopic (exact) mass is 396 g/mol. The Kier molecular flexibility index (Phi) is 4.92. The average Bonchev–Trinajstić information content (AvgIpc) is 2.42. The number of carbonyl (C=O) groups is 1. The van der Waals surface area contributed by atoms with Crippen LogP contribution in [0, 0.1) is 0 Å². The maximum Gasteiger partial charge on any atom is 0.337 e. The van der Waals surface area contributed by atoms with Gasteiger partial charge in [-0.25, -0.2) is 4.79 Å². The Bertz CT molecular complexity index is 655. The zero-order valence-electron chi connectivity index (χ0n) is 10.2. The van der Waals surface area contributed by atoms with Gasteiger partial charge in [-0.1, -0.05) is 44.0 Å². The SMILES string of the molecule is O=C(O)c1cc(Br)ccc1NN=Cc1ccc(Br)cc1. The second-order valence-corrected chi connectivity index (χ2v) is 5.75. The Balaban J connectivity index is 2.14. The van der Waals surface area contributed by atoms with Crippen LogP contribution in [-0.2, 0) is 0 Å². The van der Waals surface area contributed by atoms with Crippen LogP contribution in [0.3, 0.4) is 0 Å². The number of halogens is 2. The van der Waals surface area contributed by atoms with Gasteiger partial charge in [0, 0.05) is 8.95 Å². The average molecular weight is 398 g/mol. The minimum absolute atomic E-state index is 0.160. The molecule has 0 aliphatic heterocycles. The van der Waals surface area contributed by atoms with Crippen molar-refractivity contribution in [2.75, 3.05) is 5.43 Å². The summed E-state index contributed by atoms with van der Waals surface area (Å²) < 4.78 is 1.70. The predicted molar refractivity (Wildman–Crippen MR) is 86.5 cm³/mol. The summed E-state index contributed by atoms with van der Waals surface area (Å²) in [6.07, 6.45) is 1.63. The first kappa shape index (κ1) is 14.7. The number of rotatable bonds is 4. The van der Waals surface area contributed by atoms with Crippen LogP contribution in [0.15, 0.2) is 56.5 Å². The lowest BCUT2D eigenvalue weighted by molar-refractivity contribution is 0.0698. The highest BCUT2D eigenvalue weighted by molar-refractivity contribution is 9.10. The number of anilines is 1. The van der Waals surface area contributed by atoms with Gasteiger partial charge in [0.25, 0.3) is 0 Å². The van der Waals surface area contributed by atoms with Gasteiger partial charge in [-0.15, -0.1) is 0 Å². The molecule has 0 saturated heterocycles. The third-order valence-corrected chi connectivity index (χ3v) is 3.50.